The van der Waals surface area contributed by atoms with Crippen molar-refractivity contribution < 1.29 is 19.2 Å². The van der Waals surface area contributed by atoms with Crippen molar-refractivity contribution in [2.45, 2.75) is 0 Å². The largest absolute Gasteiger partial charge is 0.454 e. The smallest absolute Gasteiger partial charge is 0.338 e. The summed E-state index contributed by atoms with van der Waals surface area (Å²) in [4.78, 5) is 33.7. The first kappa shape index (κ1) is 16.9. The van der Waals surface area contributed by atoms with Gasteiger partial charge in [0.1, 0.15) is 0 Å². The van der Waals surface area contributed by atoms with Crippen LogP contribution in [-0.2, 0) is 4.74 Å². The fourth-order valence-corrected chi connectivity index (χ4v) is 1.99. The molecule has 0 saturated carbocycles. The predicted molar refractivity (Wildman–Crippen MR) is 84.2 cm³/mol. The molecule has 6 nitrogen and oxygen atoms in total. The van der Waals surface area contributed by atoms with Crippen molar-refractivity contribution in [2.24, 2.45) is 0 Å². The van der Waals surface area contributed by atoms with Crippen LogP contribution in [0.15, 0.2) is 42.5 Å². The highest BCUT2D eigenvalue weighted by Crippen LogP contribution is 2.23. The van der Waals surface area contributed by atoms with Gasteiger partial charge in [0, 0.05) is 17.7 Å². The Labute approximate surface area is 140 Å². The predicted octanol–water partition coefficient (Wildman–Crippen LogP) is 3.94. The number of carbonyl (C=O) groups excluding carboxylic acids is 2. The van der Waals surface area contributed by atoms with Crippen molar-refractivity contribution in [1.29, 1.82) is 0 Å². The number of rotatable bonds is 5. The number of esters is 1. The number of Topliss-reactive ketones (excluding diaryl/α,β-unsaturated/α-hetero) is 1. The average molecular weight is 354 g/mol. The highest BCUT2D eigenvalue weighted by atomic mass is 35.5. The zero-order chi connectivity index (χ0) is 17.0. The molecule has 0 heterocycles. The number of nitro groups is 1. The highest BCUT2D eigenvalue weighted by molar-refractivity contribution is 6.42. The summed E-state index contributed by atoms with van der Waals surface area (Å²) in [6.45, 7) is -0.489. The second kappa shape index (κ2) is 7.21. The number of hydrogen-bond donors (Lipinski definition) is 0. The molecule has 2 rings (SSSR count). The van der Waals surface area contributed by atoms with Crippen LogP contribution in [0.2, 0.25) is 10.0 Å². The lowest BCUT2D eigenvalue weighted by Gasteiger charge is -2.05. The van der Waals surface area contributed by atoms with Crippen LogP contribution < -0.4 is 0 Å². The van der Waals surface area contributed by atoms with E-state index in [-0.39, 0.29) is 21.8 Å². The molecular formula is C15H9Cl2NO5. The van der Waals surface area contributed by atoms with E-state index in [0.29, 0.717) is 5.02 Å². The third kappa shape index (κ3) is 4.28. The van der Waals surface area contributed by atoms with Gasteiger partial charge in [0.25, 0.3) is 5.69 Å². The second-order valence-electron chi connectivity index (χ2n) is 4.43. The highest BCUT2D eigenvalue weighted by Gasteiger charge is 2.14. The lowest BCUT2D eigenvalue weighted by Crippen LogP contribution is -2.14. The minimum absolute atomic E-state index is 0.130. The fraction of sp³-hybridized carbons (Fsp3) is 0.0667. The van der Waals surface area contributed by atoms with Gasteiger partial charge in [-0.1, -0.05) is 23.2 Å². The van der Waals surface area contributed by atoms with E-state index in [1.807, 2.05) is 0 Å². The quantitative estimate of drug-likeness (QED) is 0.351. The summed E-state index contributed by atoms with van der Waals surface area (Å²) in [5, 5.41) is 11.0. The van der Waals surface area contributed by atoms with E-state index in [1.165, 1.54) is 42.5 Å². The maximum absolute atomic E-state index is 11.9. The van der Waals surface area contributed by atoms with E-state index < -0.39 is 23.3 Å². The molecule has 2 aromatic rings. The molecule has 0 bridgehead atoms. The van der Waals surface area contributed by atoms with Gasteiger partial charge in [-0.25, -0.2) is 4.79 Å². The zero-order valence-corrected chi connectivity index (χ0v) is 13.0. The summed E-state index contributed by atoms with van der Waals surface area (Å²) in [6.07, 6.45) is 0. The molecule has 0 aromatic heterocycles. The average Bonchev–Trinajstić information content (AvgIpc) is 2.54. The maximum atomic E-state index is 11.9. The first-order valence-electron chi connectivity index (χ1n) is 6.28. The molecule has 0 aliphatic rings. The zero-order valence-electron chi connectivity index (χ0n) is 11.5. The van der Waals surface area contributed by atoms with Gasteiger partial charge in [0.2, 0.25) is 0 Å². The summed E-state index contributed by atoms with van der Waals surface area (Å²) in [7, 11) is 0. The molecule has 0 fully saturated rings. The van der Waals surface area contributed by atoms with Gasteiger partial charge < -0.3 is 4.74 Å². The Bertz CT molecular complexity index is 774. The van der Waals surface area contributed by atoms with Crippen molar-refractivity contribution >= 4 is 40.6 Å². The number of nitro benzene ring substituents is 1. The molecule has 0 radical (unpaired) electrons. The SMILES string of the molecule is O=C(COC(=O)c1ccc(Cl)c(Cl)c1)c1ccc([N+](=O)[O-])cc1. The molecular weight excluding hydrogens is 345 g/mol. The molecule has 0 atom stereocenters. The van der Waals surface area contributed by atoms with Crippen molar-refractivity contribution in [3.05, 3.63) is 73.8 Å². The van der Waals surface area contributed by atoms with E-state index in [1.54, 1.807) is 0 Å². The van der Waals surface area contributed by atoms with Crippen LogP contribution in [0.4, 0.5) is 5.69 Å². The number of benzene rings is 2. The molecule has 0 saturated heterocycles. The molecule has 0 amide bonds. The Morgan fingerprint density at radius 1 is 1.00 bits per heavy atom. The lowest BCUT2D eigenvalue weighted by atomic mass is 10.1. The van der Waals surface area contributed by atoms with Crippen LogP contribution >= 0.6 is 23.2 Å². The Morgan fingerprint density at radius 2 is 1.61 bits per heavy atom. The van der Waals surface area contributed by atoms with Crippen LogP contribution in [0.25, 0.3) is 0 Å². The number of carbonyl (C=O) groups is 2. The number of hydrogen-bond acceptors (Lipinski definition) is 5. The van der Waals surface area contributed by atoms with Gasteiger partial charge in [-0.15, -0.1) is 0 Å². The molecule has 2 aromatic carbocycles. The first-order chi connectivity index (χ1) is 10.9. The lowest BCUT2D eigenvalue weighted by molar-refractivity contribution is -0.384. The first-order valence-corrected chi connectivity index (χ1v) is 7.04. The molecule has 0 aliphatic carbocycles. The standard InChI is InChI=1S/C15H9Cl2NO5/c16-12-6-3-10(7-13(12)17)15(20)23-8-14(19)9-1-4-11(5-2-9)18(21)22/h1-7H,8H2. The van der Waals surface area contributed by atoms with Gasteiger partial charge >= 0.3 is 5.97 Å². The maximum Gasteiger partial charge on any atom is 0.338 e. The molecule has 23 heavy (non-hydrogen) atoms. The van der Waals surface area contributed by atoms with Gasteiger partial charge in [0.05, 0.1) is 20.5 Å². The minimum Gasteiger partial charge on any atom is -0.454 e. The molecule has 8 heteroatoms. The Hall–Kier alpha value is -2.44. The molecule has 0 spiro atoms. The Morgan fingerprint density at radius 3 is 2.17 bits per heavy atom. The molecule has 0 N–H and O–H groups in total. The van der Waals surface area contributed by atoms with Crippen LogP contribution in [-0.4, -0.2) is 23.3 Å². The Balaban J connectivity index is 1.99. The summed E-state index contributed by atoms with van der Waals surface area (Å²) >= 11 is 11.5. The second-order valence-corrected chi connectivity index (χ2v) is 5.25. The summed E-state index contributed by atoms with van der Waals surface area (Å²) in [6, 6.07) is 9.21. The summed E-state index contributed by atoms with van der Waals surface area (Å²) in [5.74, 6) is -1.20. The van der Waals surface area contributed by atoms with Crippen LogP contribution in [0.1, 0.15) is 20.7 Å². The number of ketones is 1. The van der Waals surface area contributed by atoms with E-state index in [2.05, 4.69) is 0 Å². The number of halogens is 2. The van der Waals surface area contributed by atoms with Gasteiger partial charge in [-0.05, 0) is 30.3 Å². The number of ether oxygens (including phenoxy) is 1. The topological polar surface area (TPSA) is 86.5 Å². The molecule has 118 valence electrons. The summed E-state index contributed by atoms with van der Waals surface area (Å²) < 4.78 is 4.89. The van der Waals surface area contributed by atoms with Crippen LogP contribution in [0.5, 0.6) is 0 Å². The van der Waals surface area contributed by atoms with Gasteiger partial charge in [0.15, 0.2) is 12.4 Å². The van der Waals surface area contributed by atoms with Crippen molar-refractivity contribution in [3.63, 3.8) is 0 Å². The number of nitrogens with zero attached hydrogens (tertiary/aromatic N) is 1. The minimum atomic E-state index is -0.723. The van der Waals surface area contributed by atoms with Gasteiger partial charge in [-0.2, -0.15) is 0 Å². The van der Waals surface area contributed by atoms with E-state index in [4.69, 9.17) is 27.9 Å². The summed E-state index contributed by atoms with van der Waals surface area (Å²) in [5.41, 5.74) is 0.239. The van der Waals surface area contributed by atoms with Crippen LogP contribution in [0.3, 0.4) is 0 Å². The Kier molecular flexibility index (Phi) is 5.31. The van der Waals surface area contributed by atoms with E-state index in [0.717, 1.165) is 0 Å². The van der Waals surface area contributed by atoms with Gasteiger partial charge in [-0.3, -0.25) is 14.9 Å². The van der Waals surface area contributed by atoms with Crippen molar-refractivity contribution in [3.8, 4) is 0 Å². The van der Waals surface area contributed by atoms with E-state index >= 15 is 0 Å². The fourth-order valence-electron chi connectivity index (χ4n) is 1.69. The monoisotopic (exact) mass is 353 g/mol. The van der Waals surface area contributed by atoms with Crippen molar-refractivity contribution in [1.82, 2.24) is 0 Å². The third-order valence-corrected chi connectivity index (χ3v) is 3.63. The normalized spacial score (nSPS) is 10.2. The van der Waals surface area contributed by atoms with E-state index in [9.17, 15) is 19.7 Å². The number of non-ortho nitro benzene ring substituents is 1. The van der Waals surface area contributed by atoms with Crippen LogP contribution in [0, 0.1) is 10.1 Å². The van der Waals surface area contributed by atoms with Crippen molar-refractivity contribution in [2.75, 3.05) is 6.61 Å². The third-order valence-electron chi connectivity index (χ3n) is 2.89. The molecule has 0 unspecified atom stereocenters. The molecule has 0 aliphatic heterocycles.